The van der Waals surface area contributed by atoms with Crippen molar-refractivity contribution in [2.45, 2.75) is 19.4 Å². The SMILES string of the molecule is CC(C)(NC1=C(F)CNC(Cl)=N1)C(=O)N=O. The van der Waals surface area contributed by atoms with Gasteiger partial charge in [0.05, 0.1) is 6.54 Å². The van der Waals surface area contributed by atoms with Crippen LogP contribution in [-0.2, 0) is 4.79 Å². The highest BCUT2D eigenvalue weighted by Crippen LogP contribution is 2.15. The number of halogens is 2. The predicted octanol–water partition coefficient (Wildman–Crippen LogP) is 0.984. The maximum absolute atomic E-state index is 13.3. The first-order chi connectivity index (χ1) is 7.36. The van der Waals surface area contributed by atoms with E-state index < -0.39 is 17.3 Å². The van der Waals surface area contributed by atoms with Gasteiger partial charge in [-0.1, -0.05) is 0 Å². The highest BCUT2D eigenvalue weighted by molar-refractivity contribution is 6.64. The minimum atomic E-state index is -1.33. The van der Waals surface area contributed by atoms with Crippen molar-refractivity contribution in [3.05, 3.63) is 16.6 Å². The summed E-state index contributed by atoms with van der Waals surface area (Å²) in [5.41, 5.74) is -1.33. The number of nitrogens with one attached hydrogen (secondary N) is 2. The first-order valence-electron chi connectivity index (χ1n) is 4.39. The van der Waals surface area contributed by atoms with E-state index in [1.807, 2.05) is 0 Å². The van der Waals surface area contributed by atoms with Crippen LogP contribution in [0.15, 0.2) is 21.8 Å². The summed E-state index contributed by atoms with van der Waals surface area (Å²) in [6, 6.07) is 0. The van der Waals surface area contributed by atoms with E-state index in [1.165, 1.54) is 13.8 Å². The average Bonchev–Trinajstić information content (AvgIpc) is 2.22. The van der Waals surface area contributed by atoms with Crippen molar-refractivity contribution in [1.29, 1.82) is 0 Å². The topological polar surface area (TPSA) is 82.9 Å². The number of rotatable bonds is 3. The largest absolute Gasteiger partial charge is 0.354 e. The van der Waals surface area contributed by atoms with E-state index in [2.05, 4.69) is 20.8 Å². The molecule has 0 saturated carbocycles. The summed E-state index contributed by atoms with van der Waals surface area (Å²) >= 11 is 5.55. The van der Waals surface area contributed by atoms with Crippen molar-refractivity contribution in [3.63, 3.8) is 0 Å². The lowest BCUT2D eigenvalue weighted by Crippen LogP contribution is -2.46. The Morgan fingerprint density at radius 3 is 2.88 bits per heavy atom. The van der Waals surface area contributed by atoms with E-state index in [0.29, 0.717) is 0 Å². The molecule has 1 aliphatic heterocycles. The number of aliphatic imine (C=N–C) groups is 1. The van der Waals surface area contributed by atoms with Crippen LogP contribution in [0, 0.1) is 4.91 Å². The molecule has 0 atom stereocenters. The molecule has 0 bridgehead atoms. The van der Waals surface area contributed by atoms with E-state index in [9.17, 15) is 14.1 Å². The summed E-state index contributed by atoms with van der Waals surface area (Å²) in [6.45, 7) is 2.66. The fraction of sp³-hybridized carbons (Fsp3) is 0.500. The second-order valence-corrected chi connectivity index (χ2v) is 4.01. The Kier molecular flexibility index (Phi) is 3.58. The van der Waals surface area contributed by atoms with Crippen LogP contribution in [0.1, 0.15) is 13.8 Å². The molecule has 0 aromatic rings. The lowest BCUT2D eigenvalue weighted by molar-refractivity contribution is -0.122. The summed E-state index contributed by atoms with van der Waals surface area (Å²) < 4.78 is 13.3. The molecule has 0 saturated heterocycles. The second kappa shape index (κ2) is 4.56. The van der Waals surface area contributed by atoms with Gasteiger partial charge in [0.2, 0.25) is 0 Å². The summed E-state index contributed by atoms with van der Waals surface area (Å²) in [6.07, 6.45) is 0. The maximum Gasteiger partial charge on any atom is 0.310 e. The first-order valence-corrected chi connectivity index (χ1v) is 4.77. The van der Waals surface area contributed by atoms with Crippen LogP contribution < -0.4 is 10.6 Å². The van der Waals surface area contributed by atoms with Gasteiger partial charge in [-0.05, 0) is 25.4 Å². The van der Waals surface area contributed by atoms with Gasteiger partial charge >= 0.3 is 5.91 Å². The Hall–Kier alpha value is -1.50. The smallest absolute Gasteiger partial charge is 0.310 e. The number of amidine groups is 1. The summed E-state index contributed by atoms with van der Waals surface area (Å²) in [5, 5.41) is 7.22. The highest BCUT2D eigenvalue weighted by atomic mass is 35.5. The molecule has 0 spiro atoms. The van der Waals surface area contributed by atoms with Crippen LogP contribution in [0.25, 0.3) is 0 Å². The molecule has 1 amide bonds. The molecule has 0 unspecified atom stereocenters. The molecule has 8 heteroatoms. The van der Waals surface area contributed by atoms with Gasteiger partial charge in [0.25, 0.3) is 0 Å². The maximum atomic E-state index is 13.3. The Morgan fingerprint density at radius 1 is 1.69 bits per heavy atom. The summed E-state index contributed by atoms with van der Waals surface area (Å²) in [7, 11) is 0. The third-order valence-corrected chi connectivity index (χ3v) is 2.12. The van der Waals surface area contributed by atoms with Gasteiger partial charge < -0.3 is 10.6 Å². The Balaban J connectivity index is 2.89. The van der Waals surface area contributed by atoms with Gasteiger partial charge in [0.1, 0.15) is 5.54 Å². The molecule has 0 radical (unpaired) electrons. The van der Waals surface area contributed by atoms with Crippen molar-refractivity contribution in [2.75, 3.05) is 6.54 Å². The molecule has 0 aromatic heterocycles. The van der Waals surface area contributed by atoms with Crippen molar-refractivity contribution < 1.29 is 9.18 Å². The first kappa shape index (κ1) is 12.6. The van der Waals surface area contributed by atoms with Crippen LogP contribution in [0.4, 0.5) is 4.39 Å². The van der Waals surface area contributed by atoms with Gasteiger partial charge in [-0.3, -0.25) is 4.79 Å². The fourth-order valence-corrected chi connectivity index (χ4v) is 1.14. The zero-order valence-electron chi connectivity index (χ0n) is 8.67. The number of nitrogens with zero attached hydrogens (tertiary/aromatic N) is 2. The fourth-order valence-electron chi connectivity index (χ4n) is 0.992. The number of hydrogen-bond donors (Lipinski definition) is 2. The molecule has 1 aliphatic rings. The minimum Gasteiger partial charge on any atom is -0.354 e. The highest BCUT2D eigenvalue weighted by Gasteiger charge is 2.31. The zero-order valence-corrected chi connectivity index (χ0v) is 9.43. The molecule has 1 rings (SSSR count). The third kappa shape index (κ3) is 2.75. The van der Waals surface area contributed by atoms with Crippen molar-refractivity contribution in [1.82, 2.24) is 10.6 Å². The quantitative estimate of drug-likeness (QED) is 0.576. The molecule has 1 heterocycles. The predicted molar refractivity (Wildman–Crippen MR) is 57.4 cm³/mol. The van der Waals surface area contributed by atoms with Crippen molar-refractivity contribution in [3.8, 4) is 0 Å². The standard InChI is InChI=1S/C8H10ClFN4O2/c1-8(2,6(15)14-16)13-5-4(10)3-11-7(9)12-5/h13H,3H2,1-2H3,(H,11,12). The third-order valence-electron chi connectivity index (χ3n) is 1.90. The van der Waals surface area contributed by atoms with E-state index in [1.54, 1.807) is 0 Å². The van der Waals surface area contributed by atoms with Crippen LogP contribution in [0.5, 0.6) is 0 Å². The van der Waals surface area contributed by atoms with Crippen molar-refractivity contribution >= 4 is 22.8 Å². The van der Waals surface area contributed by atoms with E-state index in [0.717, 1.165) is 0 Å². The molecule has 6 nitrogen and oxygen atoms in total. The molecule has 0 fully saturated rings. The van der Waals surface area contributed by atoms with Gasteiger partial charge in [-0.25, -0.2) is 4.39 Å². The molecular weight excluding hydrogens is 239 g/mol. The van der Waals surface area contributed by atoms with Gasteiger partial charge in [-0.15, -0.1) is 4.91 Å². The summed E-state index contributed by atoms with van der Waals surface area (Å²) in [5.74, 6) is -1.72. The Morgan fingerprint density at radius 2 is 2.31 bits per heavy atom. The summed E-state index contributed by atoms with van der Waals surface area (Å²) in [4.78, 5) is 24.9. The van der Waals surface area contributed by atoms with E-state index in [4.69, 9.17) is 11.6 Å². The van der Waals surface area contributed by atoms with Gasteiger partial charge in [0, 0.05) is 5.18 Å². The number of nitroso groups, excluding NO2 is 1. The lowest BCUT2D eigenvalue weighted by atomic mass is 10.1. The lowest BCUT2D eigenvalue weighted by Gasteiger charge is -2.24. The zero-order chi connectivity index (χ0) is 12.3. The van der Waals surface area contributed by atoms with Crippen LogP contribution >= 0.6 is 11.6 Å². The molecule has 16 heavy (non-hydrogen) atoms. The average molecular weight is 249 g/mol. The van der Waals surface area contributed by atoms with E-state index in [-0.39, 0.29) is 17.7 Å². The molecular formula is C8H10ClFN4O2. The Bertz CT molecular complexity index is 391. The van der Waals surface area contributed by atoms with Crippen LogP contribution in [0.2, 0.25) is 0 Å². The normalized spacial score (nSPS) is 16.4. The second-order valence-electron chi connectivity index (χ2n) is 3.66. The Labute approximate surface area is 95.9 Å². The minimum absolute atomic E-state index is 0.00575. The number of carbonyl (C=O) groups is 1. The van der Waals surface area contributed by atoms with Crippen molar-refractivity contribution in [2.24, 2.45) is 10.2 Å². The molecule has 2 N–H and O–H groups in total. The molecule has 0 aromatic carbocycles. The van der Waals surface area contributed by atoms with Gasteiger partial charge in [0.15, 0.2) is 16.9 Å². The van der Waals surface area contributed by atoms with Crippen LogP contribution in [-0.4, -0.2) is 23.3 Å². The number of hydrogen-bond acceptors (Lipinski definition) is 5. The monoisotopic (exact) mass is 248 g/mol. The van der Waals surface area contributed by atoms with Crippen LogP contribution in [0.3, 0.4) is 0 Å². The van der Waals surface area contributed by atoms with E-state index >= 15 is 0 Å². The number of amides is 1. The van der Waals surface area contributed by atoms with Gasteiger partial charge in [-0.2, -0.15) is 4.99 Å². The molecule has 88 valence electrons. The molecule has 0 aliphatic carbocycles. The number of carbonyl (C=O) groups excluding carboxylic acids is 1.